The highest BCUT2D eigenvalue weighted by Crippen LogP contribution is 2.37. The highest BCUT2D eigenvalue weighted by atomic mass is 35.5. The van der Waals surface area contributed by atoms with E-state index in [1.165, 1.54) is 11.3 Å². The second kappa shape index (κ2) is 11.4. The molecule has 41 heavy (non-hydrogen) atoms. The number of thiazole rings is 1. The third-order valence-corrected chi connectivity index (χ3v) is 8.33. The molecular formula is C31H30ClN3O5S. The fourth-order valence-corrected chi connectivity index (χ4v) is 6.36. The van der Waals surface area contributed by atoms with E-state index < -0.39 is 12.0 Å². The van der Waals surface area contributed by atoms with Gasteiger partial charge in [-0.25, -0.2) is 9.79 Å². The Morgan fingerprint density at radius 1 is 1.07 bits per heavy atom. The molecule has 10 heteroatoms. The van der Waals surface area contributed by atoms with Crippen LogP contribution in [0.4, 0.5) is 0 Å². The van der Waals surface area contributed by atoms with Crippen LogP contribution in [0.2, 0.25) is 5.02 Å². The van der Waals surface area contributed by atoms with Gasteiger partial charge in [-0.15, -0.1) is 0 Å². The summed E-state index contributed by atoms with van der Waals surface area (Å²) in [5, 5.41) is 0.665. The van der Waals surface area contributed by atoms with Crippen molar-refractivity contribution in [3.63, 3.8) is 0 Å². The average molecular weight is 592 g/mol. The number of rotatable bonds is 7. The third kappa shape index (κ3) is 5.11. The number of fused-ring (bicyclic) bond motifs is 1. The maximum absolute atomic E-state index is 14.1. The second-order valence-electron chi connectivity index (χ2n) is 9.55. The molecule has 4 aromatic rings. The normalized spacial score (nSPS) is 15.0. The maximum atomic E-state index is 14.1. The van der Waals surface area contributed by atoms with E-state index in [0.717, 1.165) is 22.6 Å². The third-order valence-electron chi connectivity index (χ3n) is 7.09. The Hall–Kier alpha value is -4.08. The number of aryl methyl sites for hydroxylation is 1. The molecular weight excluding hydrogens is 562 g/mol. The van der Waals surface area contributed by atoms with Gasteiger partial charge in [0.25, 0.3) is 5.56 Å². The molecule has 1 aliphatic heterocycles. The zero-order valence-corrected chi connectivity index (χ0v) is 25.2. The number of hydrogen-bond donors (Lipinski definition) is 0. The van der Waals surface area contributed by atoms with E-state index in [0.29, 0.717) is 37.1 Å². The van der Waals surface area contributed by atoms with Crippen molar-refractivity contribution in [2.24, 2.45) is 4.99 Å². The number of ether oxygens (including phenoxy) is 3. The van der Waals surface area contributed by atoms with E-state index in [4.69, 9.17) is 25.8 Å². The largest absolute Gasteiger partial charge is 0.497 e. The van der Waals surface area contributed by atoms with E-state index in [2.05, 4.69) is 9.56 Å². The standard InChI is InChI=1S/C31H30ClN3O5S/c1-7-40-30(37)27-18(3)33-31-35(28(27)24-13-12-23(38-5)16-25(24)39-6)29(36)26(41-31)15-20-14-17(2)34(19(20)4)22-10-8-21(32)9-11-22/h8-16,28H,7H2,1-6H3/b26-15-/t28-/m0/s1. The number of benzene rings is 2. The molecule has 3 heterocycles. The molecule has 0 unspecified atom stereocenters. The first-order chi connectivity index (χ1) is 19.7. The second-order valence-corrected chi connectivity index (χ2v) is 11.0. The minimum absolute atomic E-state index is 0.190. The summed E-state index contributed by atoms with van der Waals surface area (Å²) in [5.41, 5.74) is 5.02. The summed E-state index contributed by atoms with van der Waals surface area (Å²) >= 11 is 7.38. The molecule has 1 atom stereocenters. The van der Waals surface area contributed by atoms with Gasteiger partial charge in [-0.1, -0.05) is 22.9 Å². The van der Waals surface area contributed by atoms with Gasteiger partial charge in [0.1, 0.15) is 17.5 Å². The first-order valence-corrected chi connectivity index (χ1v) is 14.2. The molecule has 0 fully saturated rings. The van der Waals surface area contributed by atoms with Crippen LogP contribution in [0.3, 0.4) is 0 Å². The Kier molecular flexibility index (Phi) is 7.93. The zero-order chi connectivity index (χ0) is 29.4. The molecule has 0 saturated heterocycles. The van der Waals surface area contributed by atoms with E-state index in [-0.39, 0.29) is 17.7 Å². The number of halogens is 1. The van der Waals surface area contributed by atoms with Crippen molar-refractivity contribution in [2.45, 2.75) is 33.7 Å². The van der Waals surface area contributed by atoms with Crippen molar-refractivity contribution in [3.8, 4) is 17.2 Å². The van der Waals surface area contributed by atoms with Crippen molar-refractivity contribution < 1.29 is 19.0 Å². The summed E-state index contributed by atoms with van der Waals surface area (Å²) in [5.74, 6) is 0.539. The minimum atomic E-state index is -0.796. The van der Waals surface area contributed by atoms with Crippen LogP contribution >= 0.6 is 22.9 Å². The van der Waals surface area contributed by atoms with Crippen LogP contribution in [0.1, 0.15) is 42.4 Å². The molecule has 0 spiro atoms. The van der Waals surface area contributed by atoms with Gasteiger partial charge in [-0.2, -0.15) is 0 Å². The molecule has 5 rings (SSSR count). The predicted octanol–water partition coefficient (Wildman–Crippen LogP) is 4.88. The van der Waals surface area contributed by atoms with Crippen molar-refractivity contribution in [1.29, 1.82) is 0 Å². The van der Waals surface area contributed by atoms with Crippen LogP contribution in [0.15, 0.2) is 69.6 Å². The highest BCUT2D eigenvalue weighted by Gasteiger charge is 2.35. The maximum Gasteiger partial charge on any atom is 0.338 e. The predicted molar refractivity (Wildman–Crippen MR) is 160 cm³/mol. The van der Waals surface area contributed by atoms with Crippen molar-refractivity contribution in [2.75, 3.05) is 20.8 Å². The smallest absolute Gasteiger partial charge is 0.338 e. The number of carbonyl (C=O) groups is 1. The summed E-state index contributed by atoms with van der Waals surface area (Å²) in [6, 6.07) is 14.2. The lowest BCUT2D eigenvalue weighted by Crippen LogP contribution is -2.40. The number of esters is 1. The van der Waals surface area contributed by atoms with Crippen LogP contribution in [0.25, 0.3) is 11.8 Å². The van der Waals surface area contributed by atoms with E-state index in [1.54, 1.807) is 50.8 Å². The minimum Gasteiger partial charge on any atom is -0.497 e. The van der Waals surface area contributed by atoms with E-state index in [1.807, 2.05) is 50.3 Å². The number of methoxy groups -OCH3 is 2. The fraction of sp³-hybridized carbons (Fsp3) is 0.258. The quantitative estimate of drug-likeness (QED) is 0.286. The Balaban J connectivity index is 1.72. The van der Waals surface area contributed by atoms with Crippen LogP contribution < -0.4 is 24.4 Å². The van der Waals surface area contributed by atoms with Crippen LogP contribution in [-0.4, -0.2) is 35.9 Å². The molecule has 0 aliphatic carbocycles. The van der Waals surface area contributed by atoms with E-state index >= 15 is 0 Å². The molecule has 2 aromatic heterocycles. The lowest BCUT2D eigenvalue weighted by atomic mass is 9.95. The van der Waals surface area contributed by atoms with Gasteiger partial charge in [0, 0.05) is 33.7 Å². The monoisotopic (exact) mass is 591 g/mol. The van der Waals surface area contributed by atoms with Gasteiger partial charge in [-0.05, 0) is 81.8 Å². The lowest BCUT2D eigenvalue weighted by Gasteiger charge is -2.26. The van der Waals surface area contributed by atoms with Gasteiger partial charge in [0.2, 0.25) is 0 Å². The van der Waals surface area contributed by atoms with Crippen LogP contribution in [-0.2, 0) is 9.53 Å². The number of allylic oxidation sites excluding steroid dienone is 1. The average Bonchev–Trinajstić information content (AvgIpc) is 3.41. The van der Waals surface area contributed by atoms with E-state index in [9.17, 15) is 9.59 Å². The molecule has 0 saturated carbocycles. The van der Waals surface area contributed by atoms with Gasteiger partial charge in [-0.3, -0.25) is 9.36 Å². The number of carbonyl (C=O) groups excluding carboxylic acids is 1. The summed E-state index contributed by atoms with van der Waals surface area (Å²) in [6.45, 7) is 7.72. The van der Waals surface area contributed by atoms with Crippen molar-refractivity contribution in [1.82, 2.24) is 9.13 Å². The summed E-state index contributed by atoms with van der Waals surface area (Å²) in [4.78, 5) is 32.5. The summed E-state index contributed by atoms with van der Waals surface area (Å²) < 4.78 is 20.6. The van der Waals surface area contributed by atoms with Crippen LogP contribution in [0, 0.1) is 13.8 Å². The first-order valence-electron chi connectivity index (χ1n) is 13.0. The fourth-order valence-electron chi connectivity index (χ4n) is 5.19. The Morgan fingerprint density at radius 2 is 1.80 bits per heavy atom. The van der Waals surface area contributed by atoms with Crippen molar-refractivity contribution in [3.05, 3.63) is 107 Å². The Morgan fingerprint density at radius 3 is 2.46 bits per heavy atom. The molecule has 8 nitrogen and oxygen atoms in total. The molecule has 0 radical (unpaired) electrons. The lowest BCUT2D eigenvalue weighted by molar-refractivity contribution is -0.139. The molecule has 212 valence electrons. The Labute approximate surface area is 246 Å². The Bertz CT molecular complexity index is 1860. The van der Waals surface area contributed by atoms with Gasteiger partial charge in [0.15, 0.2) is 4.80 Å². The summed E-state index contributed by atoms with van der Waals surface area (Å²) in [6.07, 6.45) is 1.88. The van der Waals surface area contributed by atoms with Gasteiger partial charge < -0.3 is 18.8 Å². The summed E-state index contributed by atoms with van der Waals surface area (Å²) in [7, 11) is 3.11. The molecule has 0 N–H and O–H groups in total. The van der Waals surface area contributed by atoms with Crippen molar-refractivity contribution >= 4 is 35.0 Å². The SMILES string of the molecule is CCOC(=O)C1=C(C)N=c2s/c(=C\c3cc(C)n(-c4ccc(Cl)cc4)c3C)c(=O)n2[C@H]1c1ccc(OC)cc1OC. The number of aromatic nitrogens is 2. The van der Waals surface area contributed by atoms with Crippen LogP contribution in [0.5, 0.6) is 11.5 Å². The molecule has 0 bridgehead atoms. The topological polar surface area (TPSA) is 84.1 Å². The first kappa shape index (κ1) is 28.4. The van der Waals surface area contributed by atoms with Gasteiger partial charge >= 0.3 is 5.97 Å². The molecule has 1 aliphatic rings. The van der Waals surface area contributed by atoms with Gasteiger partial charge in [0.05, 0.1) is 36.6 Å². The zero-order valence-electron chi connectivity index (χ0n) is 23.6. The number of nitrogens with zero attached hydrogens (tertiary/aromatic N) is 3. The molecule has 0 amide bonds. The number of hydrogen-bond acceptors (Lipinski definition) is 7. The highest BCUT2D eigenvalue weighted by molar-refractivity contribution is 7.07. The molecule has 2 aromatic carbocycles.